The largest absolute Gasteiger partial charge is 0.381 e. The van der Waals surface area contributed by atoms with E-state index in [1.807, 2.05) is 0 Å². The van der Waals surface area contributed by atoms with Gasteiger partial charge >= 0.3 is 0 Å². The Bertz CT molecular complexity index is 290. The van der Waals surface area contributed by atoms with E-state index in [0.717, 1.165) is 25.2 Å². The summed E-state index contributed by atoms with van der Waals surface area (Å²) in [5.41, 5.74) is 0. The SMILES string of the molecule is CC(C)N1CCN(C2CN(CC3CCCOC3)C2)CC1. The number of ether oxygens (including phenoxy) is 1. The van der Waals surface area contributed by atoms with Crippen LogP contribution in [0.2, 0.25) is 0 Å². The molecule has 3 aliphatic rings. The molecule has 0 amide bonds. The Hall–Kier alpha value is -0.160. The zero-order chi connectivity index (χ0) is 13.9. The second kappa shape index (κ2) is 6.73. The first-order chi connectivity index (χ1) is 9.72. The number of piperazine rings is 1. The summed E-state index contributed by atoms with van der Waals surface area (Å²) in [6, 6.07) is 1.54. The number of likely N-dealkylation sites (tertiary alicyclic amines) is 1. The normalized spacial score (nSPS) is 31.6. The van der Waals surface area contributed by atoms with Crippen molar-refractivity contribution in [2.45, 2.75) is 38.8 Å². The van der Waals surface area contributed by atoms with Gasteiger partial charge in [-0.1, -0.05) is 0 Å². The van der Waals surface area contributed by atoms with Crippen LogP contribution in [0.5, 0.6) is 0 Å². The Morgan fingerprint density at radius 1 is 1.10 bits per heavy atom. The van der Waals surface area contributed by atoms with Gasteiger partial charge in [-0.25, -0.2) is 0 Å². The molecule has 4 heteroatoms. The van der Waals surface area contributed by atoms with Crippen LogP contribution in [0.25, 0.3) is 0 Å². The highest BCUT2D eigenvalue weighted by molar-refractivity contribution is 4.91. The third-order valence-corrected chi connectivity index (χ3v) is 5.30. The zero-order valence-corrected chi connectivity index (χ0v) is 13.3. The van der Waals surface area contributed by atoms with Gasteiger partial charge in [-0.15, -0.1) is 0 Å². The Morgan fingerprint density at radius 3 is 2.45 bits per heavy atom. The summed E-state index contributed by atoms with van der Waals surface area (Å²) in [4.78, 5) is 7.96. The predicted octanol–water partition coefficient (Wildman–Crippen LogP) is 1.12. The first-order valence-electron chi connectivity index (χ1n) is 8.50. The smallest absolute Gasteiger partial charge is 0.0506 e. The van der Waals surface area contributed by atoms with Crippen molar-refractivity contribution in [1.82, 2.24) is 14.7 Å². The molecule has 1 atom stereocenters. The van der Waals surface area contributed by atoms with Crippen LogP contribution in [0.4, 0.5) is 0 Å². The Labute approximate surface area is 124 Å². The van der Waals surface area contributed by atoms with E-state index in [-0.39, 0.29) is 0 Å². The molecule has 4 nitrogen and oxygen atoms in total. The zero-order valence-electron chi connectivity index (χ0n) is 13.3. The van der Waals surface area contributed by atoms with E-state index in [1.165, 1.54) is 58.7 Å². The monoisotopic (exact) mass is 281 g/mol. The molecule has 3 fully saturated rings. The van der Waals surface area contributed by atoms with Crippen molar-refractivity contribution in [1.29, 1.82) is 0 Å². The molecule has 0 radical (unpaired) electrons. The number of nitrogens with zero attached hydrogens (tertiary/aromatic N) is 3. The van der Waals surface area contributed by atoms with Crippen LogP contribution >= 0.6 is 0 Å². The highest BCUT2D eigenvalue weighted by Gasteiger charge is 2.34. The summed E-state index contributed by atoms with van der Waals surface area (Å²) in [5, 5.41) is 0. The molecule has 0 aliphatic carbocycles. The highest BCUT2D eigenvalue weighted by Crippen LogP contribution is 2.22. The number of hydrogen-bond acceptors (Lipinski definition) is 4. The van der Waals surface area contributed by atoms with Gasteiger partial charge in [-0.3, -0.25) is 14.7 Å². The van der Waals surface area contributed by atoms with Gasteiger partial charge in [0.05, 0.1) is 6.61 Å². The molecule has 3 rings (SSSR count). The van der Waals surface area contributed by atoms with Crippen molar-refractivity contribution in [2.75, 3.05) is 59.0 Å². The van der Waals surface area contributed by atoms with Crippen molar-refractivity contribution in [3.8, 4) is 0 Å². The van der Waals surface area contributed by atoms with Gasteiger partial charge in [0, 0.05) is 64.5 Å². The van der Waals surface area contributed by atoms with Gasteiger partial charge in [0.25, 0.3) is 0 Å². The van der Waals surface area contributed by atoms with Crippen LogP contribution in [0, 0.1) is 5.92 Å². The third kappa shape index (κ3) is 3.53. The highest BCUT2D eigenvalue weighted by atomic mass is 16.5. The minimum atomic E-state index is 0.710. The standard InChI is InChI=1S/C16H31N3O/c1-14(2)18-5-7-19(8-6-18)16-11-17(12-16)10-15-4-3-9-20-13-15/h14-16H,3-13H2,1-2H3. The second-order valence-electron chi connectivity index (χ2n) is 7.12. The van der Waals surface area contributed by atoms with E-state index in [1.54, 1.807) is 0 Å². The summed E-state index contributed by atoms with van der Waals surface area (Å²) in [6.45, 7) is 15.5. The first kappa shape index (κ1) is 14.8. The molecular formula is C16H31N3O. The van der Waals surface area contributed by atoms with E-state index >= 15 is 0 Å². The molecule has 0 aromatic rings. The fourth-order valence-electron chi connectivity index (χ4n) is 3.86. The average Bonchev–Trinajstić information content (AvgIpc) is 2.44. The van der Waals surface area contributed by atoms with Gasteiger partial charge < -0.3 is 4.74 Å². The average molecular weight is 281 g/mol. The van der Waals surface area contributed by atoms with E-state index in [2.05, 4.69) is 28.5 Å². The van der Waals surface area contributed by atoms with Crippen LogP contribution < -0.4 is 0 Å². The maximum absolute atomic E-state index is 5.59. The Balaban J connectivity index is 1.34. The predicted molar refractivity (Wildman–Crippen MR) is 82.1 cm³/mol. The molecule has 116 valence electrons. The lowest BCUT2D eigenvalue weighted by Gasteiger charge is -2.49. The summed E-state index contributed by atoms with van der Waals surface area (Å²) >= 11 is 0. The van der Waals surface area contributed by atoms with Gasteiger partial charge in [0.2, 0.25) is 0 Å². The Kier molecular flexibility index (Phi) is 4.97. The quantitative estimate of drug-likeness (QED) is 0.769. The topological polar surface area (TPSA) is 19.0 Å². The maximum atomic E-state index is 5.59. The van der Waals surface area contributed by atoms with Crippen LogP contribution in [0.3, 0.4) is 0 Å². The van der Waals surface area contributed by atoms with Crippen molar-refractivity contribution >= 4 is 0 Å². The molecule has 20 heavy (non-hydrogen) atoms. The summed E-state index contributed by atoms with van der Waals surface area (Å²) < 4.78 is 5.59. The van der Waals surface area contributed by atoms with E-state index in [9.17, 15) is 0 Å². The van der Waals surface area contributed by atoms with Crippen molar-refractivity contribution in [3.05, 3.63) is 0 Å². The van der Waals surface area contributed by atoms with E-state index in [0.29, 0.717) is 6.04 Å². The molecule has 0 N–H and O–H groups in total. The van der Waals surface area contributed by atoms with Crippen LogP contribution in [-0.2, 0) is 4.74 Å². The molecule has 3 aliphatic heterocycles. The van der Waals surface area contributed by atoms with Gasteiger partial charge in [-0.05, 0) is 32.6 Å². The van der Waals surface area contributed by atoms with Crippen LogP contribution in [0.1, 0.15) is 26.7 Å². The summed E-state index contributed by atoms with van der Waals surface area (Å²) in [7, 11) is 0. The minimum Gasteiger partial charge on any atom is -0.381 e. The fraction of sp³-hybridized carbons (Fsp3) is 1.00. The van der Waals surface area contributed by atoms with E-state index in [4.69, 9.17) is 4.74 Å². The van der Waals surface area contributed by atoms with Crippen molar-refractivity contribution in [2.24, 2.45) is 5.92 Å². The van der Waals surface area contributed by atoms with Gasteiger partial charge in [0.1, 0.15) is 0 Å². The van der Waals surface area contributed by atoms with Crippen LogP contribution in [-0.4, -0.2) is 85.8 Å². The molecule has 0 bridgehead atoms. The Morgan fingerprint density at radius 2 is 1.85 bits per heavy atom. The summed E-state index contributed by atoms with van der Waals surface area (Å²) in [5.74, 6) is 0.794. The van der Waals surface area contributed by atoms with Crippen molar-refractivity contribution < 1.29 is 4.74 Å². The first-order valence-corrected chi connectivity index (χ1v) is 8.50. The number of hydrogen-bond donors (Lipinski definition) is 0. The lowest BCUT2D eigenvalue weighted by molar-refractivity contribution is -0.0242. The fourth-order valence-corrected chi connectivity index (χ4v) is 3.86. The van der Waals surface area contributed by atoms with Gasteiger partial charge in [0.15, 0.2) is 0 Å². The molecule has 0 spiro atoms. The molecule has 3 saturated heterocycles. The molecule has 0 aromatic carbocycles. The molecular weight excluding hydrogens is 250 g/mol. The lowest BCUT2D eigenvalue weighted by Crippen LogP contribution is -2.64. The molecule has 0 aromatic heterocycles. The van der Waals surface area contributed by atoms with Gasteiger partial charge in [-0.2, -0.15) is 0 Å². The van der Waals surface area contributed by atoms with Crippen LogP contribution in [0.15, 0.2) is 0 Å². The van der Waals surface area contributed by atoms with E-state index < -0.39 is 0 Å². The maximum Gasteiger partial charge on any atom is 0.0506 e. The van der Waals surface area contributed by atoms with Crippen molar-refractivity contribution in [3.63, 3.8) is 0 Å². The summed E-state index contributed by atoms with van der Waals surface area (Å²) in [6.07, 6.45) is 2.63. The third-order valence-electron chi connectivity index (χ3n) is 5.30. The molecule has 1 unspecified atom stereocenters. The number of rotatable bonds is 4. The molecule has 3 heterocycles. The lowest BCUT2D eigenvalue weighted by atomic mass is 9.98. The minimum absolute atomic E-state index is 0.710. The second-order valence-corrected chi connectivity index (χ2v) is 7.12. The molecule has 0 saturated carbocycles.